The van der Waals surface area contributed by atoms with Gasteiger partial charge in [0.25, 0.3) is 0 Å². The smallest absolute Gasteiger partial charge is 0.240 e. The van der Waals surface area contributed by atoms with Gasteiger partial charge in [0.05, 0.1) is 37.2 Å². The lowest BCUT2D eigenvalue weighted by atomic mass is 10.2. The maximum Gasteiger partial charge on any atom is 0.240 e. The second-order valence-corrected chi connectivity index (χ2v) is 8.15. The highest BCUT2D eigenvalue weighted by Gasteiger charge is 2.15. The lowest BCUT2D eigenvalue weighted by Crippen LogP contribution is -2.18. The molecule has 10 heteroatoms. The molecule has 0 spiro atoms. The van der Waals surface area contributed by atoms with Gasteiger partial charge in [0.2, 0.25) is 15.9 Å². The molecule has 2 heterocycles. The number of nitrogens with one attached hydrogen (secondary N) is 2. The van der Waals surface area contributed by atoms with Gasteiger partial charge >= 0.3 is 0 Å². The molecule has 0 aliphatic rings. The van der Waals surface area contributed by atoms with Crippen molar-refractivity contribution in [2.45, 2.75) is 4.90 Å². The fourth-order valence-corrected chi connectivity index (χ4v) is 4.16. The number of thiazole rings is 1. The van der Waals surface area contributed by atoms with Crippen molar-refractivity contribution in [3.8, 4) is 5.88 Å². The van der Waals surface area contributed by atoms with Crippen LogP contribution >= 0.6 is 11.3 Å². The molecular formula is C16H13N5O3S2. The molecule has 0 saturated heterocycles. The number of benzene rings is 2. The second kappa shape index (κ2) is 6.16. The Hall–Kier alpha value is -2.82. The van der Waals surface area contributed by atoms with Crippen molar-refractivity contribution < 1.29 is 13.5 Å². The highest BCUT2D eigenvalue weighted by atomic mass is 32.2. The molecule has 0 unspecified atom stereocenters. The topological polar surface area (TPSA) is 120 Å². The molecule has 0 fully saturated rings. The van der Waals surface area contributed by atoms with E-state index in [1.807, 2.05) is 12.1 Å². The molecule has 3 N–H and O–H groups in total. The van der Waals surface area contributed by atoms with Gasteiger partial charge in [0.15, 0.2) is 5.69 Å². The summed E-state index contributed by atoms with van der Waals surface area (Å²) in [6.45, 7) is 0. The monoisotopic (exact) mass is 387 g/mol. The SMILES string of the molecule is CNS(=O)(=O)c1ccc(N=Nc2c(O)[nH]c3ccc4ncsc4c23)cc1. The number of nitrogens with zero attached hydrogens (tertiary/aromatic N) is 3. The molecule has 132 valence electrons. The van der Waals surface area contributed by atoms with Crippen molar-refractivity contribution in [2.75, 3.05) is 7.05 Å². The van der Waals surface area contributed by atoms with Crippen LogP contribution in [-0.2, 0) is 10.0 Å². The third-order valence-corrected chi connectivity index (χ3v) is 6.18. The van der Waals surface area contributed by atoms with E-state index in [2.05, 4.69) is 24.9 Å². The molecule has 0 amide bonds. The first-order valence-corrected chi connectivity index (χ1v) is 9.88. The molecule has 2 aromatic heterocycles. The number of aromatic hydroxyl groups is 1. The largest absolute Gasteiger partial charge is 0.493 e. The molecule has 2 aromatic carbocycles. The van der Waals surface area contributed by atoms with Crippen LogP contribution in [0.1, 0.15) is 0 Å². The summed E-state index contributed by atoms with van der Waals surface area (Å²) in [7, 11) is -2.15. The van der Waals surface area contributed by atoms with E-state index in [0.29, 0.717) is 11.4 Å². The number of rotatable bonds is 4. The van der Waals surface area contributed by atoms with Crippen molar-refractivity contribution in [3.63, 3.8) is 0 Å². The number of hydrogen-bond acceptors (Lipinski definition) is 7. The summed E-state index contributed by atoms with van der Waals surface area (Å²) in [5, 5.41) is 19.2. The van der Waals surface area contributed by atoms with Crippen LogP contribution in [0.5, 0.6) is 5.88 Å². The fraction of sp³-hybridized carbons (Fsp3) is 0.0625. The van der Waals surface area contributed by atoms with Gasteiger partial charge in [-0.25, -0.2) is 18.1 Å². The Morgan fingerprint density at radius 2 is 1.92 bits per heavy atom. The van der Waals surface area contributed by atoms with E-state index >= 15 is 0 Å². The normalized spacial score (nSPS) is 12.5. The number of aromatic nitrogens is 2. The summed E-state index contributed by atoms with van der Waals surface area (Å²) < 4.78 is 26.6. The molecule has 0 aliphatic heterocycles. The Labute approximate surface area is 152 Å². The lowest BCUT2D eigenvalue weighted by molar-refractivity contribution is 0.459. The van der Waals surface area contributed by atoms with Crippen LogP contribution in [0.2, 0.25) is 0 Å². The summed E-state index contributed by atoms with van der Waals surface area (Å²) in [5.74, 6) is -0.0842. The lowest BCUT2D eigenvalue weighted by Gasteiger charge is -2.01. The van der Waals surface area contributed by atoms with Gasteiger partial charge in [-0.3, -0.25) is 0 Å². The van der Waals surface area contributed by atoms with Crippen molar-refractivity contribution in [1.82, 2.24) is 14.7 Å². The summed E-state index contributed by atoms with van der Waals surface area (Å²) >= 11 is 1.46. The van der Waals surface area contributed by atoms with E-state index in [1.54, 1.807) is 17.6 Å². The van der Waals surface area contributed by atoms with Gasteiger partial charge < -0.3 is 10.1 Å². The van der Waals surface area contributed by atoms with Crippen LogP contribution in [0.4, 0.5) is 11.4 Å². The number of sulfonamides is 1. The average molecular weight is 387 g/mol. The molecule has 0 radical (unpaired) electrons. The van der Waals surface area contributed by atoms with Crippen LogP contribution in [0, 0.1) is 0 Å². The maximum absolute atomic E-state index is 11.7. The predicted molar refractivity (Wildman–Crippen MR) is 100 cm³/mol. The standard InChI is InChI=1S/C16H13N5O3S2/c1-17-26(23,24)10-4-2-9(3-5-10)20-21-14-13-11(19-16(14)22)6-7-12-15(13)25-8-18-12/h2-8,17,19,22H,1H3. The minimum atomic E-state index is -3.50. The molecule has 0 aliphatic carbocycles. The van der Waals surface area contributed by atoms with Crippen LogP contribution in [-0.4, -0.2) is 30.5 Å². The molecular weight excluding hydrogens is 374 g/mol. The van der Waals surface area contributed by atoms with E-state index in [1.165, 1.54) is 30.5 Å². The summed E-state index contributed by atoms with van der Waals surface area (Å²) in [6, 6.07) is 9.66. The Morgan fingerprint density at radius 1 is 1.15 bits per heavy atom. The quantitative estimate of drug-likeness (QED) is 0.461. The molecule has 8 nitrogen and oxygen atoms in total. The highest BCUT2D eigenvalue weighted by molar-refractivity contribution is 7.89. The molecule has 26 heavy (non-hydrogen) atoms. The minimum absolute atomic E-state index is 0.0842. The van der Waals surface area contributed by atoms with Crippen LogP contribution < -0.4 is 4.72 Å². The Kier molecular flexibility index (Phi) is 3.94. The average Bonchev–Trinajstić information content (AvgIpc) is 3.23. The van der Waals surface area contributed by atoms with Gasteiger partial charge in [-0.1, -0.05) is 0 Å². The number of aromatic amines is 1. The van der Waals surface area contributed by atoms with Crippen molar-refractivity contribution in [1.29, 1.82) is 0 Å². The van der Waals surface area contributed by atoms with Crippen molar-refractivity contribution >= 4 is 53.9 Å². The summed E-state index contributed by atoms with van der Waals surface area (Å²) in [6.07, 6.45) is 0. The summed E-state index contributed by atoms with van der Waals surface area (Å²) in [4.78, 5) is 7.28. The van der Waals surface area contributed by atoms with Crippen LogP contribution in [0.3, 0.4) is 0 Å². The Balaban J connectivity index is 1.75. The van der Waals surface area contributed by atoms with Gasteiger partial charge in [-0.15, -0.1) is 16.5 Å². The van der Waals surface area contributed by atoms with Gasteiger partial charge in [-0.2, -0.15) is 5.11 Å². The number of H-pyrrole nitrogens is 1. The van der Waals surface area contributed by atoms with E-state index in [4.69, 9.17) is 0 Å². The summed E-state index contributed by atoms with van der Waals surface area (Å²) in [5.41, 5.74) is 4.08. The van der Waals surface area contributed by atoms with E-state index in [-0.39, 0.29) is 10.8 Å². The second-order valence-electron chi connectivity index (χ2n) is 5.41. The molecule has 0 bridgehead atoms. The zero-order chi connectivity index (χ0) is 18.3. The first-order chi connectivity index (χ1) is 12.5. The van der Waals surface area contributed by atoms with E-state index < -0.39 is 10.0 Å². The minimum Gasteiger partial charge on any atom is -0.493 e. The van der Waals surface area contributed by atoms with E-state index in [0.717, 1.165) is 21.1 Å². The van der Waals surface area contributed by atoms with Crippen molar-refractivity contribution in [3.05, 3.63) is 41.9 Å². The Bertz CT molecular complexity index is 1240. The van der Waals surface area contributed by atoms with Gasteiger partial charge in [0, 0.05) is 0 Å². The number of hydrogen-bond donors (Lipinski definition) is 3. The third-order valence-electron chi connectivity index (χ3n) is 3.89. The molecule has 0 atom stereocenters. The number of fused-ring (bicyclic) bond motifs is 3. The van der Waals surface area contributed by atoms with E-state index in [9.17, 15) is 13.5 Å². The van der Waals surface area contributed by atoms with Crippen molar-refractivity contribution in [2.24, 2.45) is 10.2 Å². The van der Waals surface area contributed by atoms with Crippen LogP contribution in [0.15, 0.2) is 57.0 Å². The van der Waals surface area contributed by atoms with Crippen LogP contribution in [0.25, 0.3) is 21.1 Å². The van der Waals surface area contributed by atoms with Gasteiger partial charge in [0.1, 0.15) is 0 Å². The zero-order valence-electron chi connectivity index (χ0n) is 13.5. The zero-order valence-corrected chi connectivity index (χ0v) is 15.1. The number of azo groups is 1. The first kappa shape index (κ1) is 16.6. The first-order valence-electron chi connectivity index (χ1n) is 7.52. The third kappa shape index (κ3) is 2.73. The highest BCUT2D eigenvalue weighted by Crippen LogP contribution is 2.41. The Morgan fingerprint density at radius 3 is 2.65 bits per heavy atom. The molecule has 0 saturated carbocycles. The maximum atomic E-state index is 11.7. The van der Waals surface area contributed by atoms with Gasteiger partial charge in [-0.05, 0) is 43.4 Å². The predicted octanol–water partition coefficient (Wildman–Crippen LogP) is 3.81. The molecule has 4 rings (SSSR count). The molecule has 4 aromatic rings. The fourth-order valence-electron chi connectivity index (χ4n) is 2.59.